The van der Waals surface area contributed by atoms with Gasteiger partial charge in [0.15, 0.2) is 0 Å². The van der Waals surface area contributed by atoms with Crippen molar-refractivity contribution in [2.45, 2.75) is 25.8 Å². The van der Waals surface area contributed by atoms with E-state index in [-0.39, 0.29) is 11.9 Å². The Kier molecular flexibility index (Phi) is 4.57. The summed E-state index contributed by atoms with van der Waals surface area (Å²) in [6.45, 7) is 3.68. The SMILES string of the molecule is CCCNc1ncc(Br)c(NC2CCN(C)C2=O)n1. The van der Waals surface area contributed by atoms with Crippen molar-refractivity contribution in [2.75, 3.05) is 30.8 Å². The van der Waals surface area contributed by atoms with E-state index in [9.17, 15) is 4.79 Å². The minimum absolute atomic E-state index is 0.105. The number of hydrogen-bond acceptors (Lipinski definition) is 5. The Labute approximate surface area is 121 Å². The van der Waals surface area contributed by atoms with Crippen LogP contribution in [0.2, 0.25) is 0 Å². The monoisotopic (exact) mass is 327 g/mol. The fraction of sp³-hybridized carbons (Fsp3) is 0.583. The van der Waals surface area contributed by atoms with E-state index in [1.165, 1.54) is 0 Å². The van der Waals surface area contributed by atoms with Gasteiger partial charge in [-0.2, -0.15) is 4.98 Å². The van der Waals surface area contributed by atoms with Gasteiger partial charge in [-0.05, 0) is 28.8 Å². The van der Waals surface area contributed by atoms with Crippen LogP contribution < -0.4 is 10.6 Å². The predicted octanol–water partition coefficient (Wildman–Crippen LogP) is 1.70. The summed E-state index contributed by atoms with van der Waals surface area (Å²) in [6.07, 6.45) is 3.49. The van der Waals surface area contributed by atoms with Gasteiger partial charge in [-0.25, -0.2) is 4.98 Å². The predicted molar refractivity (Wildman–Crippen MR) is 78.2 cm³/mol. The van der Waals surface area contributed by atoms with Gasteiger partial charge in [-0.15, -0.1) is 0 Å². The lowest BCUT2D eigenvalue weighted by atomic mass is 10.2. The van der Waals surface area contributed by atoms with Crippen molar-refractivity contribution in [3.8, 4) is 0 Å². The van der Waals surface area contributed by atoms with Crippen LogP contribution in [-0.2, 0) is 4.79 Å². The van der Waals surface area contributed by atoms with Crippen LogP contribution >= 0.6 is 15.9 Å². The molecule has 1 aromatic rings. The molecular formula is C12H18BrN5O. The molecule has 6 nitrogen and oxygen atoms in total. The number of nitrogens with zero attached hydrogens (tertiary/aromatic N) is 3. The summed E-state index contributed by atoms with van der Waals surface area (Å²) < 4.78 is 0.761. The molecule has 2 N–H and O–H groups in total. The molecule has 0 radical (unpaired) electrons. The number of carbonyl (C=O) groups is 1. The van der Waals surface area contributed by atoms with Crippen LogP contribution in [0.1, 0.15) is 19.8 Å². The summed E-state index contributed by atoms with van der Waals surface area (Å²) in [5.41, 5.74) is 0. The van der Waals surface area contributed by atoms with Crippen LogP contribution in [0.25, 0.3) is 0 Å². The lowest BCUT2D eigenvalue weighted by Crippen LogP contribution is -2.31. The molecule has 1 aliphatic rings. The normalized spacial score (nSPS) is 18.8. The van der Waals surface area contributed by atoms with Crippen molar-refractivity contribution in [3.63, 3.8) is 0 Å². The highest BCUT2D eigenvalue weighted by Gasteiger charge is 2.29. The highest BCUT2D eigenvalue weighted by molar-refractivity contribution is 9.10. The lowest BCUT2D eigenvalue weighted by molar-refractivity contribution is -0.127. The number of amides is 1. The van der Waals surface area contributed by atoms with Gasteiger partial charge >= 0.3 is 0 Å². The highest BCUT2D eigenvalue weighted by Crippen LogP contribution is 2.23. The van der Waals surface area contributed by atoms with Crippen molar-refractivity contribution in [3.05, 3.63) is 10.7 Å². The fourth-order valence-corrected chi connectivity index (χ4v) is 2.22. The molecule has 0 aliphatic carbocycles. The first-order valence-corrected chi connectivity index (χ1v) is 7.19. The molecule has 1 saturated heterocycles. The third-order valence-corrected chi connectivity index (χ3v) is 3.60. The van der Waals surface area contributed by atoms with Crippen LogP contribution in [0.5, 0.6) is 0 Å². The Hall–Kier alpha value is -1.37. The van der Waals surface area contributed by atoms with E-state index in [0.29, 0.717) is 11.8 Å². The Morgan fingerprint density at radius 2 is 2.37 bits per heavy atom. The molecule has 2 heterocycles. The fourth-order valence-electron chi connectivity index (χ4n) is 1.91. The van der Waals surface area contributed by atoms with Gasteiger partial charge in [0.1, 0.15) is 11.9 Å². The summed E-state index contributed by atoms with van der Waals surface area (Å²) >= 11 is 3.40. The summed E-state index contributed by atoms with van der Waals surface area (Å²) in [5, 5.41) is 6.31. The molecule has 0 saturated carbocycles. The maximum absolute atomic E-state index is 11.9. The number of nitrogens with one attached hydrogen (secondary N) is 2. The Bertz CT molecular complexity index is 467. The molecule has 1 aliphatic heterocycles. The zero-order chi connectivity index (χ0) is 13.8. The maximum Gasteiger partial charge on any atom is 0.244 e. The Morgan fingerprint density at radius 3 is 3.00 bits per heavy atom. The molecule has 0 bridgehead atoms. The van der Waals surface area contributed by atoms with Crippen LogP contribution in [0.4, 0.5) is 11.8 Å². The van der Waals surface area contributed by atoms with Crippen LogP contribution in [0.3, 0.4) is 0 Å². The smallest absolute Gasteiger partial charge is 0.244 e. The molecule has 0 spiro atoms. The standard InChI is InChI=1S/C12H18BrN5O/c1-3-5-14-12-15-7-8(13)10(17-12)16-9-4-6-18(2)11(9)19/h7,9H,3-6H2,1-2H3,(H2,14,15,16,17). The van der Waals surface area contributed by atoms with Gasteiger partial charge in [0, 0.05) is 26.3 Å². The number of aromatic nitrogens is 2. The van der Waals surface area contributed by atoms with Gasteiger partial charge in [-0.1, -0.05) is 6.92 Å². The van der Waals surface area contributed by atoms with Crippen molar-refractivity contribution in [1.29, 1.82) is 0 Å². The second-order valence-electron chi connectivity index (χ2n) is 4.56. The first-order chi connectivity index (χ1) is 9.11. The summed E-state index contributed by atoms with van der Waals surface area (Å²) in [5.74, 6) is 1.34. The molecule has 1 amide bonds. The average Bonchev–Trinajstić information content (AvgIpc) is 2.71. The molecule has 1 atom stereocenters. The number of likely N-dealkylation sites (tertiary alicyclic amines) is 1. The largest absolute Gasteiger partial charge is 0.357 e. The number of carbonyl (C=O) groups excluding carboxylic acids is 1. The average molecular weight is 328 g/mol. The van der Waals surface area contributed by atoms with Crippen molar-refractivity contribution >= 4 is 33.6 Å². The van der Waals surface area contributed by atoms with Gasteiger partial charge in [0.25, 0.3) is 0 Å². The van der Waals surface area contributed by atoms with Crippen molar-refractivity contribution in [1.82, 2.24) is 14.9 Å². The zero-order valence-electron chi connectivity index (χ0n) is 11.1. The minimum Gasteiger partial charge on any atom is -0.357 e. The van der Waals surface area contributed by atoms with E-state index in [0.717, 1.165) is 30.4 Å². The van der Waals surface area contributed by atoms with E-state index in [1.807, 2.05) is 7.05 Å². The highest BCUT2D eigenvalue weighted by atomic mass is 79.9. The Balaban J connectivity index is 2.08. The molecule has 104 valence electrons. The molecule has 19 heavy (non-hydrogen) atoms. The summed E-state index contributed by atoms with van der Waals surface area (Å²) in [6, 6.07) is -0.199. The minimum atomic E-state index is -0.199. The Morgan fingerprint density at radius 1 is 1.58 bits per heavy atom. The summed E-state index contributed by atoms with van der Waals surface area (Å²) in [4.78, 5) is 22.2. The molecule has 2 rings (SSSR count). The van der Waals surface area contributed by atoms with Crippen LogP contribution in [0, 0.1) is 0 Å². The number of halogens is 1. The van der Waals surface area contributed by atoms with Gasteiger partial charge in [0.2, 0.25) is 11.9 Å². The number of likely N-dealkylation sites (N-methyl/N-ethyl adjacent to an activating group) is 1. The molecule has 0 aromatic carbocycles. The van der Waals surface area contributed by atoms with Crippen molar-refractivity contribution < 1.29 is 4.79 Å². The number of anilines is 2. The third-order valence-electron chi connectivity index (χ3n) is 3.02. The first kappa shape index (κ1) is 14.0. The van der Waals surface area contributed by atoms with E-state index in [4.69, 9.17) is 0 Å². The second-order valence-corrected chi connectivity index (χ2v) is 5.42. The molecule has 1 unspecified atom stereocenters. The number of hydrogen-bond donors (Lipinski definition) is 2. The van der Waals surface area contributed by atoms with E-state index in [2.05, 4.69) is 43.5 Å². The van der Waals surface area contributed by atoms with Gasteiger partial charge in [-0.3, -0.25) is 4.79 Å². The molecular weight excluding hydrogens is 310 g/mol. The van der Waals surface area contributed by atoms with E-state index < -0.39 is 0 Å². The van der Waals surface area contributed by atoms with Gasteiger partial charge < -0.3 is 15.5 Å². The van der Waals surface area contributed by atoms with Gasteiger partial charge in [0.05, 0.1) is 4.47 Å². The quantitative estimate of drug-likeness (QED) is 0.861. The maximum atomic E-state index is 11.9. The van der Waals surface area contributed by atoms with E-state index >= 15 is 0 Å². The first-order valence-electron chi connectivity index (χ1n) is 6.39. The van der Waals surface area contributed by atoms with Crippen LogP contribution in [0.15, 0.2) is 10.7 Å². The summed E-state index contributed by atoms with van der Waals surface area (Å²) in [7, 11) is 1.81. The lowest BCUT2D eigenvalue weighted by Gasteiger charge is -2.14. The van der Waals surface area contributed by atoms with Crippen molar-refractivity contribution in [2.24, 2.45) is 0 Å². The number of rotatable bonds is 5. The third kappa shape index (κ3) is 3.34. The van der Waals surface area contributed by atoms with Crippen LogP contribution in [-0.4, -0.2) is 47.0 Å². The molecule has 1 aromatic heterocycles. The second kappa shape index (κ2) is 6.18. The topological polar surface area (TPSA) is 70.2 Å². The molecule has 1 fully saturated rings. The molecule has 7 heteroatoms. The van der Waals surface area contributed by atoms with E-state index in [1.54, 1.807) is 11.1 Å². The zero-order valence-corrected chi connectivity index (χ0v) is 12.7.